The topological polar surface area (TPSA) is 62.5 Å². The zero-order chi connectivity index (χ0) is 13.5. The Morgan fingerprint density at radius 2 is 2.42 bits per heavy atom. The van der Waals surface area contributed by atoms with Crippen LogP contribution < -0.4 is 10.6 Å². The molecule has 1 heterocycles. The predicted octanol–water partition coefficient (Wildman–Crippen LogP) is 2.31. The molecule has 1 aromatic heterocycles. The summed E-state index contributed by atoms with van der Waals surface area (Å²) >= 11 is 0. The molecule has 1 aliphatic carbocycles. The van der Waals surface area contributed by atoms with Gasteiger partial charge in [0.15, 0.2) is 5.96 Å². The van der Waals surface area contributed by atoms with Gasteiger partial charge in [-0.25, -0.2) is 0 Å². The van der Waals surface area contributed by atoms with Crippen LogP contribution in [0.3, 0.4) is 0 Å². The summed E-state index contributed by atoms with van der Waals surface area (Å²) in [6, 6.07) is 2.40. The molecule has 0 spiro atoms. The molecule has 5 heteroatoms. The van der Waals surface area contributed by atoms with E-state index in [9.17, 15) is 0 Å². The van der Waals surface area contributed by atoms with Crippen molar-refractivity contribution in [3.8, 4) is 0 Å². The molecule has 1 fully saturated rings. The first-order valence-electron chi connectivity index (χ1n) is 7.18. The second kappa shape index (κ2) is 7.16. The largest absolute Gasteiger partial charge is 0.364 e. The van der Waals surface area contributed by atoms with Gasteiger partial charge in [-0.3, -0.25) is 4.99 Å². The maximum Gasteiger partial charge on any atom is 0.191 e. The van der Waals surface area contributed by atoms with Crippen LogP contribution in [0.25, 0.3) is 0 Å². The van der Waals surface area contributed by atoms with E-state index in [4.69, 9.17) is 4.52 Å². The van der Waals surface area contributed by atoms with Crippen LogP contribution in [0, 0.1) is 5.92 Å². The smallest absolute Gasteiger partial charge is 0.191 e. The second-order valence-corrected chi connectivity index (χ2v) is 5.20. The summed E-state index contributed by atoms with van der Waals surface area (Å²) in [5.74, 6) is 1.71. The van der Waals surface area contributed by atoms with Crippen LogP contribution in [0.15, 0.2) is 21.8 Å². The minimum atomic E-state index is 0.544. The lowest BCUT2D eigenvalue weighted by atomic mass is 9.84. The van der Waals surface area contributed by atoms with Crippen molar-refractivity contribution < 1.29 is 4.52 Å². The number of rotatable bonds is 4. The Morgan fingerprint density at radius 1 is 1.53 bits per heavy atom. The number of hydrogen-bond acceptors (Lipinski definition) is 3. The molecule has 1 aliphatic rings. The summed E-state index contributed by atoms with van der Waals surface area (Å²) in [5.41, 5.74) is 0.887. The molecule has 2 unspecified atom stereocenters. The highest BCUT2D eigenvalue weighted by Crippen LogP contribution is 2.26. The maximum atomic E-state index is 4.81. The van der Waals surface area contributed by atoms with Gasteiger partial charge in [0.25, 0.3) is 0 Å². The highest BCUT2D eigenvalue weighted by molar-refractivity contribution is 5.79. The molecule has 5 nitrogen and oxygen atoms in total. The average molecular weight is 264 g/mol. The average Bonchev–Trinajstić information content (AvgIpc) is 2.97. The molecular formula is C14H24N4O. The molecule has 2 atom stereocenters. The molecule has 0 amide bonds. The monoisotopic (exact) mass is 264 g/mol. The Balaban J connectivity index is 1.78. The first-order chi connectivity index (χ1) is 9.31. The molecule has 0 saturated heterocycles. The van der Waals surface area contributed by atoms with Crippen molar-refractivity contribution in [3.63, 3.8) is 0 Å². The van der Waals surface area contributed by atoms with Crippen molar-refractivity contribution in [2.45, 2.75) is 51.6 Å². The minimum Gasteiger partial charge on any atom is -0.364 e. The highest BCUT2D eigenvalue weighted by Gasteiger charge is 2.21. The number of nitrogens with zero attached hydrogens (tertiary/aromatic N) is 2. The van der Waals surface area contributed by atoms with Crippen molar-refractivity contribution in [2.75, 3.05) is 7.05 Å². The van der Waals surface area contributed by atoms with E-state index in [-0.39, 0.29) is 0 Å². The number of nitrogens with one attached hydrogen (secondary N) is 2. The first-order valence-corrected chi connectivity index (χ1v) is 7.18. The predicted molar refractivity (Wildman–Crippen MR) is 75.9 cm³/mol. The van der Waals surface area contributed by atoms with Crippen LogP contribution >= 0.6 is 0 Å². The van der Waals surface area contributed by atoms with E-state index in [1.165, 1.54) is 32.1 Å². The zero-order valence-corrected chi connectivity index (χ0v) is 11.9. The fourth-order valence-electron chi connectivity index (χ4n) is 2.68. The Bertz CT molecular complexity index is 388. The molecule has 2 rings (SSSR count). The lowest BCUT2D eigenvalue weighted by Crippen LogP contribution is -2.45. The Kier molecular flexibility index (Phi) is 5.24. The summed E-state index contributed by atoms with van der Waals surface area (Å²) < 4.78 is 4.81. The summed E-state index contributed by atoms with van der Waals surface area (Å²) in [6.45, 7) is 2.92. The van der Waals surface area contributed by atoms with Crippen molar-refractivity contribution in [3.05, 3.63) is 18.0 Å². The van der Waals surface area contributed by atoms with Crippen molar-refractivity contribution in [2.24, 2.45) is 10.9 Å². The van der Waals surface area contributed by atoms with Gasteiger partial charge in [-0.1, -0.05) is 31.3 Å². The van der Waals surface area contributed by atoms with Crippen molar-refractivity contribution in [1.82, 2.24) is 15.8 Å². The quantitative estimate of drug-likeness (QED) is 0.647. The fourth-order valence-corrected chi connectivity index (χ4v) is 2.68. The Hall–Kier alpha value is -1.52. The summed E-state index contributed by atoms with van der Waals surface area (Å²) in [5, 5.41) is 10.7. The summed E-state index contributed by atoms with van der Waals surface area (Å²) in [4.78, 5) is 4.27. The van der Waals surface area contributed by atoms with Gasteiger partial charge in [0.05, 0.1) is 6.54 Å². The zero-order valence-electron chi connectivity index (χ0n) is 11.9. The SMILES string of the molecule is CCC1CCCC(NC(=NC)NCc2ccon2)C1. The standard InChI is InChI=1S/C14H24N4O/c1-3-11-5-4-6-12(9-11)17-14(15-2)16-10-13-7-8-19-18-13/h7-8,11-12H,3-6,9-10H2,1-2H3,(H2,15,16,17). The van der Waals surface area contributed by atoms with Gasteiger partial charge >= 0.3 is 0 Å². The Morgan fingerprint density at radius 3 is 3.11 bits per heavy atom. The summed E-state index contributed by atoms with van der Waals surface area (Å²) in [7, 11) is 1.80. The normalized spacial score (nSPS) is 24.2. The molecule has 0 bridgehead atoms. The van der Waals surface area contributed by atoms with E-state index < -0.39 is 0 Å². The van der Waals surface area contributed by atoms with Gasteiger partial charge in [0, 0.05) is 19.2 Å². The number of aliphatic imine (C=N–C) groups is 1. The molecular weight excluding hydrogens is 240 g/mol. The van der Waals surface area contributed by atoms with Crippen molar-refractivity contribution >= 4 is 5.96 Å². The lowest BCUT2D eigenvalue weighted by Gasteiger charge is -2.30. The van der Waals surface area contributed by atoms with Crippen molar-refractivity contribution in [1.29, 1.82) is 0 Å². The first kappa shape index (κ1) is 13.9. The van der Waals surface area contributed by atoms with Crippen LogP contribution in [-0.4, -0.2) is 24.2 Å². The molecule has 2 N–H and O–H groups in total. The van der Waals surface area contributed by atoms with Gasteiger partial charge in [0.2, 0.25) is 0 Å². The fraction of sp³-hybridized carbons (Fsp3) is 0.714. The van der Waals surface area contributed by atoms with Gasteiger partial charge < -0.3 is 15.2 Å². The van der Waals surface area contributed by atoms with E-state index in [0.29, 0.717) is 12.6 Å². The van der Waals surface area contributed by atoms with Crippen LogP contribution in [0.4, 0.5) is 0 Å². The van der Waals surface area contributed by atoms with Gasteiger partial charge in [-0.15, -0.1) is 0 Å². The molecule has 0 aromatic carbocycles. The van der Waals surface area contributed by atoms with Crippen LogP contribution in [0.1, 0.15) is 44.7 Å². The van der Waals surface area contributed by atoms with E-state index in [1.807, 2.05) is 6.07 Å². The third-order valence-electron chi connectivity index (χ3n) is 3.85. The molecule has 1 saturated carbocycles. The van der Waals surface area contributed by atoms with Gasteiger partial charge in [-0.05, 0) is 18.8 Å². The van der Waals surface area contributed by atoms with Gasteiger partial charge in [-0.2, -0.15) is 0 Å². The van der Waals surface area contributed by atoms with Gasteiger partial charge in [0.1, 0.15) is 12.0 Å². The molecule has 0 aliphatic heterocycles. The molecule has 0 radical (unpaired) electrons. The van der Waals surface area contributed by atoms with Crippen LogP contribution in [0.2, 0.25) is 0 Å². The van der Waals surface area contributed by atoms with E-state index >= 15 is 0 Å². The van der Waals surface area contributed by atoms with E-state index in [1.54, 1.807) is 13.3 Å². The Labute approximate surface area is 114 Å². The van der Waals surface area contributed by atoms with Crippen LogP contribution in [-0.2, 0) is 6.54 Å². The number of guanidine groups is 1. The second-order valence-electron chi connectivity index (χ2n) is 5.20. The minimum absolute atomic E-state index is 0.544. The molecule has 106 valence electrons. The number of aromatic nitrogens is 1. The van der Waals surface area contributed by atoms with E-state index in [0.717, 1.165) is 17.6 Å². The highest BCUT2D eigenvalue weighted by atomic mass is 16.5. The maximum absolute atomic E-state index is 4.81. The molecule has 19 heavy (non-hydrogen) atoms. The number of hydrogen-bond donors (Lipinski definition) is 2. The lowest BCUT2D eigenvalue weighted by molar-refractivity contribution is 0.298. The third-order valence-corrected chi connectivity index (χ3v) is 3.85. The summed E-state index contributed by atoms with van der Waals surface area (Å²) in [6.07, 6.45) is 8.04. The molecule has 1 aromatic rings. The van der Waals surface area contributed by atoms with E-state index in [2.05, 4.69) is 27.7 Å². The third kappa shape index (κ3) is 4.26. The van der Waals surface area contributed by atoms with Crippen LogP contribution in [0.5, 0.6) is 0 Å².